The average molecular weight is 332 g/mol. The molecule has 3 atom stereocenters. The largest absolute Gasteiger partial charge is 0.344 e. The zero-order chi connectivity index (χ0) is 16.8. The van der Waals surface area contributed by atoms with Crippen LogP contribution in [0.15, 0.2) is 0 Å². The van der Waals surface area contributed by atoms with Gasteiger partial charge in [0.15, 0.2) is 5.67 Å². The number of carbonyl (C=O) groups is 2. The second-order valence-corrected chi connectivity index (χ2v) is 7.49. The van der Waals surface area contributed by atoms with Gasteiger partial charge in [0.2, 0.25) is 5.91 Å². The van der Waals surface area contributed by atoms with Crippen LogP contribution >= 0.6 is 0 Å². The zero-order valence-corrected chi connectivity index (χ0v) is 13.3. The lowest BCUT2D eigenvalue weighted by molar-refractivity contribution is -0.184. The number of likely N-dealkylation sites (tertiary alicyclic amines) is 1. The van der Waals surface area contributed by atoms with Crippen molar-refractivity contribution in [3.05, 3.63) is 0 Å². The third-order valence-corrected chi connectivity index (χ3v) is 5.69. The van der Waals surface area contributed by atoms with Crippen molar-refractivity contribution in [1.82, 2.24) is 10.2 Å². The molecule has 2 saturated carbocycles. The van der Waals surface area contributed by atoms with E-state index in [4.69, 9.17) is 0 Å². The van der Waals surface area contributed by atoms with Crippen molar-refractivity contribution in [2.75, 3.05) is 19.6 Å². The van der Waals surface area contributed by atoms with Gasteiger partial charge in [-0.2, -0.15) is 0 Å². The first-order valence-corrected chi connectivity index (χ1v) is 8.33. The molecule has 1 saturated heterocycles. The van der Waals surface area contributed by atoms with Crippen LogP contribution in [0, 0.1) is 17.8 Å². The van der Waals surface area contributed by atoms with Crippen molar-refractivity contribution >= 4 is 11.8 Å². The first kappa shape index (κ1) is 16.6. The number of carbonyl (C=O) groups excluding carboxylic acids is 2. The molecule has 0 aromatic rings. The van der Waals surface area contributed by atoms with Gasteiger partial charge in [0.25, 0.3) is 11.8 Å². The number of hydrogen-bond donors (Lipinski definition) is 1. The van der Waals surface area contributed by atoms with E-state index in [2.05, 4.69) is 12.2 Å². The van der Waals surface area contributed by atoms with Crippen LogP contribution in [0.2, 0.25) is 0 Å². The Kier molecular flexibility index (Phi) is 4.09. The van der Waals surface area contributed by atoms with Crippen LogP contribution in [0.3, 0.4) is 0 Å². The van der Waals surface area contributed by atoms with E-state index in [0.717, 1.165) is 6.42 Å². The van der Waals surface area contributed by atoms with Crippen LogP contribution in [-0.2, 0) is 9.59 Å². The third kappa shape index (κ3) is 3.19. The Balaban J connectivity index is 1.48. The second kappa shape index (κ2) is 5.67. The van der Waals surface area contributed by atoms with Crippen molar-refractivity contribution in [3.63, 3.8) is 0 Å². The summed E-state index contributed by atoms with van der Waals surface area (Å²) in [6.07, 6.45) is 1.29. The lowest BCUT2D eigenvalue weighted by Crippen LogP contribution is -2.58. The summed E-state index contributed by atoms with van der Waals surface area (Å²) in [6, 6.07) is 0. The van der Waals surface area contributed by atoms with Crippen LogP contribution in [0.1, 0.15) is 39.0 Å². The van der Waals surface area contributed by atoms with E-state index in [9.17, 15) is 22.8 Å². The molecular weight excluding hydrogens is 309 g/mol. The lowest BCUT2D eigenvalue weighted by atomic mass is 9.75. The van der Waals surface area contributed by atoms with Gasteiger partial charge < -0.3 is 10.2 Å². The summed E-state index contributed by atoms with van der Waals surface area (Å²) in [6.45, 7) is 3.25. The summed E-state index contributed by atoms with van der Waals surface area (Å²) in [4.78, 5) is 25.6. The molecule has 1 aliphatic heterocycles. The molecule has 3 unspecified atom stereocenters. The van der Waals surface area contributed by atoms with Gasteiger partial charge in [-0.3, -0.25) is 9.59 Å². The molecule has 130 valence electrons. The standard InChI is InChI=1S/C16H23F3N2O2/c1-10-3-2-4-11-6-21(7-12(10)11)13(22)5-20-14(23)15(17)8-16(18,19)9-15/h10-12H,2-9H2,1H3,(H,20,23). The van der Waals surface area contributed by atoms with E-state index in [1.807, 2.05) is 0 Å². The van der Waals surface area contributed by atoms with Gasteiger partial charge in [0.1, 0.15) is 0 Å². The third-order valence-electron chi connectivity index (χ3n) is 5.69. The van der Waals surface area contributed by atoms with Crippen LogP contribution < -0.4 is 5.32 Å². The van der Waals surface area contributed by atoms with Gasteiger partial charge in [0.05, 0.1) is 19.4 Å². The predicted molar refractivity (Wildman–Crippen MR) is 77.6 cm³/mol. The maximum absolute atomic E-state index is 13.9. The first-order chi connectivity index (χ1) is 10.7. The average Bonchev–Trinajstić information content (AvgIpc) is 2.87. The molecule has 3 fully saturated rings. The smallest absolute Gasteiger partial charge is 0.258 e. The van der Waals surface area contributed by atoms with Gasteiger partial charge in [-0.1, -0.05) is 19.8 Å². The zero-order valence-electron chi connectivity index (χ0n) is 13.3. The van der Waals surface area contributed by atoms with Gasteiger partial charge in [-0.25, -0.2) is 13.2 Å². The highest BCUT2D eigenvalue weighted by Gasteiger charge is 2.62. The fraction of sp³-hybridized carbons (Fsp3) is 0.875. The minimum absolute atomic E-state index is 0.255. The monoisotopic (exact) mass is 332 g/mol. The van der Waals surface area contributed by atoms with E-state index in [-0.39, 0.29) is 12.5 Å². The molecule has 2 aliphatic carbocycles. The van der Waals surface area contributed by atoms with Gasteiger partial charge >= 0.3 is 0 Å². The summed E-state index contributed by atoms with van der Waals surface area (Å²) in [5, 5.41) is 2.19. The van der Waals surface area contributed by atoms with Crippen molar-refractivity contribution in [1.29, 1.82) is 0 Å². The van der Waals surface area contributed by atoms with E-state index < -0.39 is 30.3 Å². The minimum Gasteiger partial charge on any atom is -0.344 e. The highest BCUT2D eigenvalue weighted by atomic mass is 19.3. The number of nitrogens with zero attached hydrogens (tertiary/aromatic N) is 1. The summed E-state index contributed by atoms with van der Waals surface area (Å²) in [7, 11) is 0. The number of amides is 2. The molecule has 1 N–H and O–H groups in total. The van der Waals surface area contributed by atoms with E-state index in [1.165, 1.54) is 12.8 Å². The van der Waals surface area contributed by atoms with Crippen LogP contribution in [0.25, 0.3) is 0 Å². The number of fused-ring (bicyclic) bond motifs is 1. The quantitative estimate of drug-likeness (QED) is 0.861. The van der Waals surface area contributed by atoms with Crippen molar-refractivity contribution < 1.29 is 22.8 Å². The molecule has 0 radical (unpaired) electrons. The van der Waals surface area contributed by atoms with Crippen molar-refractivity contribution in [3.8, 4) is 0 Å². The predicted octanol–water partition coefficient (Wildman–Crippen LogP) is 2.13. The molecule has 2 amide bonds. The topological polar surface area (TPSA) is 49.4 Å². The van der Waals surface area contributed by atoms with Gasteiger partial charge in [-0.05, 0) is 24.2 Å². The van der Waals surface area contributed by atoms with Gasteiger partial charge in [-0.15, -0.1) is 0 Å². The molecule has 0 aromatic heterocycles. The molecule has 3 rings (SSSR count). The Hall–Kier alpha value is -1.27. The molecule has 0 aromatic carbocycles. The maximum Gasteiger partial charge on any atom is 0.258 e. The fourth-order valence-electron chi connectivity index (χ4n) is 4.32. The van der Waals surface area contributed by atoms with E-state index in [1.54, 1.807) is 4.90 Å². The molecule has 3 aliphatic rings. The van der Waals surface area contributed by atoms with Crippen molar-refractivity contribution in [2.45, 2.75) is 50.6 Å². The summed E-state index contributed by atoms with van der Waals surface area (Å²) in [5.41, 5.74) is -2.53. The number of alkyl halides is 3. The van der Waals surface area contributed by atoms with E-state index >= 15 is 0 Å². The number of halogens is 3. The minimum atomic E-state index is -3.11. The number of hydrogen-bond acceptors (Lipinski definition) is 2. The Morgan fingerprint density at radius 1 is 1.17 bits per heavy atom. The Labute approximate surface area is 133 Å². The highest BCUT2D eigenvalue weighted by Crippen LogP contribution is 2.48. The summed E-state index contributed by atoms with van der Waals surface area (Å²) >= 11 is 0. The van der Waals surface area contributed by atoms with Gasteiger partial charge in [0, 0.05) is 13.1 Å². The summed E-state index contributed by atoms with van der Waals surface area (Å²) in [5.74, 6) is -2.86. The van der Waals surface area contributed by atoms with Crippen LogP contribution in [0.5, 0.6) is 0 Å². The molecule has 7 heteroatoms. The normalized spacial score (nSPS) is 34.4. The lowest BCUT2D eigenvalue weighted by Gasteiger charge is -2.39. The fourth-order valence-corrected chi connectivity index (χ4v) is 4.32. The maximum atomic E-state index is 13.9. The summed E-state index contributed by atoms with van der Waals surface area (Å²) < 4.78 is 39.4. The highest BCUT2D eigenvalue weighted by molar-refractivity contribution is 5.90. The Morgan fingerprint density at radius 2 is 1.87 bits per heavy atom. The van der Waals surface area contributed by atoms with Crippen LogP contribution in [0.4, 0.5) is 13.2 Å². The molecule has 4 nitrogen and oxygen atoms in total. The SMILES string of the molecule is CC1CCCC2CN(C(=O)CNC(=O)C3(F)CC(F)(F)C3)CC12. The number of rotatable bonds is 3. The Bertz CT molecular complexity index is 504. The molecule has 23 heavy (non-hydrogen) atoms. The first-order valence-electron chi connectivity index (χ1n) is 8.33. The molecular formula is C16H23F3N2O2. The van der Waals surface area contributed by atoms with E-state index in [0.29, 0.717) is 30.8 Å². The molecule has 1 heterocycles. The molecule has 0 spiro atoms. The van der Waals surface area contributed by atoms with Crippen LogP contribution in [-0.4, -0.2) is 47.9 Å². The Morgan fingerprint density at radius 3 is 2.48 bits per heavy atom. The molecule has 0 bridgehead atoms. The number of nitrogens with one attached hydrogen (secondary N) is 1. The van der Waals surface area contributed by atoms with Crippen molar-refractivity contribution in [2.24, 2.45) is 17.8 Å². The second-order valence-electron chi connectivity index (χ2n) is 7.49.